The molecule has 0 aromatic heterocycles. The highest BCUT2D eigenvalue weighted by atomic mass is 16.5. The third-order valence-electron chi connectivity index (χ3n) is 2.00. The van der Waals surface area contributed by atoms with Crippen molar-refractivity contribution in [1.82, 2.24) is 0 Å². The smallest absolute Gasteiger partial charge is 0.160 e. The lowest BCUT2D eigenvalue weighted by Crippen LogP contribution is -1.92. The van der Waals surface area contributed by atoms with E-state index in [2.05, 4.69) is 13.8 Å². The van der Waals surface area contributed by atoms with Gasteiger partial charge in [-0.25, -0.2) is 0 Å². The number of methoxy groups -OCH3 is 2. The Bertz CT molecular complexity index is 250. The van der Waals surface area contributed by atoms with Gasteiger partial charge in [-0.15, -0.1) is 0 Å². The van der Waals surface area contributed by atoms with Crippen LogP contribution in [0, 0.1) is 13.8 Å². The van der Waals surface area contributed by atoms with Crippen molar-refractivity contribution >= 4 is 0 Å². The van der Waals surface area contributed by atoms with Gasteiger partial charge in [0.05, 0.1) is 14.2 Å². The molecule has 0 unspecified atom stereocenters. The largest absolute Gasteiger partial charge is 0.493 e. The van der Waals surface area contributed by atoms with Crippen LogP contribution in [-0.4, -0.2) is 14.2 Å². The maximum absolute atomic E-state index is 5.15. The molecule has 0 fully saturated rings. The van der Waals surface area contributed by atoms with E-state index in [0.29, 0.717) is 0 Å². The third kappa shape index (κ3) is 1.52. The summed E-state index contributed by atoms with van der Waals surface area (Å²) in [5.41, 5.74) is 2.43. The second-order valence-corrected chi connectivity index (χ2v) is 2.79. The Morgan fingerprint density at radius 3 is 1.42 bits per heavy atom. The zero-order valence-electron chi connectivity index (χ0n) is 7.97. The Kier molecular flexibility index (Phi) is 2.58. The quantitative estimate of drug-likeness (QED) is 0.671. The van der Waals surface area contributed by atoms with Gasteiger partial charge in [0.15, 0.2) is 11.5 Å². The Morgan fingerprint density at radius 2 is 1.17 bits per heavy atom. The Morgan fingerprint density at radius 1 is 0.833 bits per heavy atom. The molecular formula is C10H14O2. The van der Waals surface area contributed by atoms with Gasteiger partial charge in [-0.05, 0) is 37.1 Å². The molecule has 66 valence electrons. The van der Waals surface area contributed by atoms with Crippen LogP contribution in [0.5, 0.6) is 11.5 Å². The van der Waals surface area contributed by atoms with Crippen molar-refractivity contribution in [3.63, 3.8) is 0 Å². The lowest BCUT2D eigenvalue weighted by atomic mass is 10.1. The molecule has 0 aliphatic rings. The van der Waals surface area contributed by atoms with Crippen LogP contribution in [-0.2, 0) is 0 Å². The summed E-state index contributed by atoms with van der Waals surface area (Å²) in [5, 5.41) is 0. The Hall–Kier alpha value is -1.18. The number of ether oxygens (including phenoxy) is 2. The van der Waals surface area contributed by atoms with Crippen LogP contribution in [0.2, 0.25) is 0 Å². The highest BCUT2D eigenvalue weighted by Gasteiger charge is 2.04. The van der Waals surface area contributed by atoms with E-state index in [1.807, 2.05) is 12.1 Å². The molecule has 0 saturated heterocycles. The summed E-state index contributed by atoms with van der Waals surface area (Å²) < 4.78 is 10.3. The molecule has 12 heavy (non-hydrogen) atoms. The van der Waals surface area contributed by atoms with Crippen molar-refractivity contribution in [3.05, 3.63) is 23.3 Å². The number of hydrogen-bond acceptors (Lipinski definition) is 2. The molecule has 0 radical (unpaired) electrons. The van der Waals surface area contributed by atoms with Crippen LogP contribution >= 0.6 is 0 Å². The highest BCUT2D eigenvalue weighted by Crippen LogP contribution is 2.29. The Balaban J connectivity index is 3.19. The molecule has 1 aromatic carbocycles. The predicted octanol–water partition coefficient (Wildman–Crippen LogP) is 2.32. The minimum absolute atomic E-state index is 0.792. The number of hydrogen-bond donors (Lipinski definition) is 0. The predicted molar refractivity (Wildman–Crippen MR) is 49.0 cm³/mol. The van der Waals surface area contributed by atoms with Crippen LogP contribution in [0.25, 0.3) is 0 Å². The summed E-state index contributed by atoms with van der Waals surface area (Å²) in [4.78, 5) is 0. The number of benzene rings is 1. The summed E-state index contributed by atoms with van der Waals surface area (Å²) in [6, 6.07) is 3.96. The monoisotopic (exact) mass is 166 g/mol. The van der Waals surface area contributed by atoms with Crippen LogP contribution in [0.3, 0.4) is 0 Å². The molecule has 2 nitrogen and oxygen atoms in total. The first-order valence-corrected chi connectivity index (χ1v) is 3.88. The maximum Gasteiger partial charge on any atom is 0.160 e. The van der Waals surface area contributed by atoms with Gasteiger partial charge in [-0.3, -0.25) is 0 Å². The van der Waals surface area contributed by atoms with Crippen LogP contribution in [0.1, 0.15) is 11.1 Å². The molecule has 0 bridgehead atoms. The van der Waals surface area contributed by atoms with Crippen molar-refractivity contribution in [1.29, 1.82) is 0 Å². The molecule has 0 heterocycles. The van der Waals surface area contributed by atoms with Gasteiger partial charge in [0.25, 0.3) is 0 Å². The van der Waals surface area contributed by atoms with E-state index in [1.165, 1.54) is 11.1 Å². The average molecular weight is 166 g/mol. The first-order valence-electron chi connectivity index (χ1n) is 3.88. The third-order valence-corrected chi connectivity index (χ3v) is 2.00. The van der Waals surface area contributed by atoms with E-state index in [-0.39, 0.29) is 0 Å². The molecule has 0 spiro atoms. The second-order valence-electron chi connectivity index (χ2n) is 2.79. The number of aryl methyl sites for hydroxylation is 2. The van der Waals surface area contributed by atoms with Crippen molar-refractivity contribution < 1.29 is 9.47 Å². The van der Waals surface area contributed by atoms with Gasteiger partial charge in [0.2, 0.25) is 0 Å². The fraction of sp³-hybridized carbons (Fsp3) is 0.400. The van der Waals surface area contributed by atoms with Crippen molar-refractivity contribution in [3.8, 4) is 11.5 Å². The van der Waals surface area contributed by atoms with Gasteiger partial charge < -0.3 is 9.47 Å². The second kappa shape index (κ2) is 3.48. The molecule has 1 rings (SSSR count). The minimum atomic E-state index is 0.792. The fourth-order valence-electron chi connectivity index (χ4n) is 1.08. The molecule has 0 saturated carbocycles. The van der Waals surface area contributed by atoms with E-state index in [9.17, 15) is 0 Å². The number of rotatable bonds is 2. The van der Waals surface area contributed by atoms with E-state index in [0.717, 1.165) is 11.5 Å². The normalized spacial score (nSPS) is 9.67. The highest BCUT2D eigenvalue weighted by molar-refractivity contribution is 5.46. The van der Waals surface area contributed by atoms with Crippen molar-refractivity contribution in [2.45, 2.75) is 13.8 Å². The van der Waals surface area contributed by atoms with Crippen LogP contribution in [0.15, 0.2) is 12.1 Å². The zero-order chi connectivity index (χ0) is 9.14. The van der Waals surface area contributed by atoms with E-state index in [4.69, 9.17) is 9.47 Å². The van der Waals surface area contributed by atoms with Crippen LogP contribution < -0.4 is 9.47 Å². The fourth-order valence-corrected chi connectivity index (χ4v) is 1.08. The van der Waals surface area contributed by atoms with Gasteiger partial charge in [-0.2, -0.15) is 0 Å². The Labute approximate surface area is 73.1 Å². The van der Waals surface area contributed by atoms with Crippen LogP contribution in [0.4, 0.5) is 0 Å². The van der Waals surface area contributed by atoms with Gasteiger partial charge >= 0.3 is 0 Å². The topological polar surface area (TPSA) is 18.5 Å². The minimum Gasteiger partial charge on any atom is -0.493 e. The molecule has 0 N–H and O–H groups in total. The molecule has 1 aromatic rings. The summed E-state index contributed by atoms with van der Waals surface area (Å²) in [5.74, 6) is 1.58. The summed E-state index contributed by atoms with van der Waals surface area (Å²) in [6.45, 7) is 4.11. The van der Waals surface area contributed by atoms with Crippen molar-refractivity contribution in [2.75, 3.05) is 14.2 Å². The van der Waals surface area contributed by atoms with E-state index >= 15 is 0 Å². The summed E-state index contributed by atoms with van der Waals surface area (Å²) >= 11 is 0. The first-order chi connectivity index (χ1) is 5.69. The summed E-state index contributed by atoms with van der Waals surface area (Å²) in [7, 11) is 3.29. The lowest BCUT2D eigenvalue weighted by Gasteiger charge is -2.09. The maximum atomic E-state index is 5.15. The molecule has 0 aliphatic carbocycles. The molecule has 0 atom stereocenters. The molecular weight excluding hydrogens is 152 g/mol. The molecule has 0 amide bonds. The lowest BCUT2D eigenvalue weighted by molar-refractivity contribution is 0.354. The molecule has 0 aliphatic heterocycles. The average Bonchev–Trinajstić information content (AvgIpc) is 2.09. The summed E-state index contributed by atoms with van der Waals surface area (Å²) in [6.07, 6.45) is 0. The van der Waals surface area contributed by atoms with Gasteiger partial charge in [0, 0.05) is 0 Å². The van der Waals surface area contributed by atoms with Gasteiger partial charge in [-0.1, -0.05) is 0 Å². The van der Waals surface area contributed by atoms with E-state index in [1.54, 1.807) is 14.2 Å². The van der Waals surface area contributed by atoms with Gasteiger partial charge in [0.1, 0.15) is 0 Å². The zero-order valence-corrected chi connectivity index (χ0v) is 7.97. The van der Waals surface area contributed by atoms with Crippen molar-refractivity contribution in [2.24, 2.45) is 0 Å². The standard InChI is InChI=1S/C10H14O2/c1-7-5-9(11-3)10(12-4)6-8(7)2/h5-6H,1-4H3. The molecule has 2 heteroatoms. The SMILES string of the molecule is COc1cc(C)c(C)cc1OC. The first kappa shape index (κ1) is 8.91. The van der Waals surface area contributed by atoms with E-state index < -0.39 is 0 Å².